The molecule has 0 amide bonds. The Labute approximate surface area is 64.3 Å². The molecule has 0 bridgehead atoms. The van der Waals surface area contributed by atoms with Crippen molar-refractivity contribution < 1.29 is 20.4 Å². The van der Waals surface area contributed by atoms with E-state index in [0.717, 1.165) is 6.92 Å². The average Bonchev–Trinajstić information content (AvgIpc) is 1.81. The van der Waals surface area contributed by atoms with Crippen LogP contribution >= 0.6 is 0 Å². The van der Waals surface area contributed by atoms with Gasteiger partial charge in [0.1, 0.15) is 0 Å². The van der Waals surface area contributed by atoms with E-state index in [2.05, 4.69) is 0 Å². The average molecular weight is 166 g/mol. The second-order valence-corrected chi connectivity index (χ2v) is 2.41. The summed E-state index contributed by atoms with van der Waals surface area (Å²) in [6.45, 7) is 1.08. The predicted molar refractivity (Wildman–Crippen MR) is 37.1 cm³/mol. The Hall–Kier alpha value is -0.240. The van der Waals surface area contributed by atoms with E-state index in [0.29, 0.717) is 0 Å². The molecule has 0 aliphatic rings. The molecule has 0 aliphatic heterocycles. The van der Waals surface area contributed by atoms with Gasteiger partial charge in [-0.1, -0.05) is 0 Å². The largest absolute Gasteiger partial charge is 0.361 e. The fraction of sp³-hybridized carbons (Fsp3) is 1.00. The molecule has 0 atom stereocenters. The van der Waals surface area contributed by atoms with Gasteiger partial charge in [-0.2, -0.15) is 0 Å². The van der Waals surface area contributed by atoms with E-state index < -0.39 is 11.7 Å². The van der Waals surface area contributed by atoms with Crippen LogP contribution in [0.3, 0.4) is 0 Å². The maximum Gasteiger partial charge on any atom is 0.278 e. The van der Waals surface area contributed by atoms with Crippen molar-refractivity contribution in [3.63, 3.8) is 0 Å². The van der Waals surface area contributed by atoms with Gasteiger partial charge in [0, 0.05) is 13.1 Å². The molecule has 0 spiro atoms. The van der Waals surface area contributed by atoms with Crippen LogP contribution in [0.25, 0.3) is 0 Å². The van der Waals surface area contributed by atoms with Crippen LogP contribution in [0, 0.1) is 0 Å². The zero-order valence-corrected chi connectivity index (χ0v) is 6.28. The second kappa shape index (κ2) is 3.44. The first-order valence-electron chi connectivity index (χ1n) is 3.16. The summed E-state index contributed by atoms with van der Waals surface area (Å²) in [6, 6.07) is 0. The van der Waals surface area contributed by atoms with Crippen LogP contribution in [0.2, 0.25) is 0 Å². The van der Waals surface area contributed by atoms with Crippen molar-refractivity contribution in [2.45, 2.75) is 18.6 Å². The van der Waals surface area contributed by atoms with E-state index in [1.807, 2.05) is 5.32 Å². The molecule has 6 heteroatoms. The molecule has 0 aliphatic carbocycles. The summed E-state index contributed by atoms with van der Waals surface area (Å²) < 4.78 is 0. The molecule has 0 heterocycles. The third-order valence-electron chi connectivity index (χ3n) is 1.18. The van der Waals surface area contributed by atoms with E-state index in [1.54, 1.807) is 0 Å². The summed E-state index contributed by atoms with van der Waals surface area (Å²) >= 11 is 0. The van der Waals surface area contributed by atoms with Gasteiger partial charge in [-0.05, 0) is 6.92 Å². The molecule has 0 aromatic heterocycles. The van der Waals surface area contributed by atoms with Crippen molar-refractivity contribution in [2.24, 2.45) is 5.73 Å². The highest BCUT2D eigenvalue weighted by molar-refractivity contribution is 4.74. The lowest BCUT2D eigenvalue weighted by atomic mass is 10.2. The lowest BCUT2D eigenvalue weighted by molar-refractivity contribution is -0.361. The minimum atomic E-state index is -2.73. The smallest absolute Gasteiger partial charge is 0.278 e. The Balaban J connectivity index is 4.00. The second-order valence-electron chi connectivity index (χ2n) is 2.41. The fourth-order valence-electron chi connectivity index (χ4n) is 0.414. The van der Waals surface area contributed by atoms with E-state index in [9.17, 15) is 0 Å². The van der Waals surface area contributed by atoms with Crippen LogP contribution in [0.15, 0.2) is 0 Å². The van der Waals surface area contributed by atoms with Crippen LogP contribution < -0.4 is 11.1 Å². The number of nitrogens with one attached hydrogen (secondary N) is 1. The third kappa shape index (κ3) is 3.10. The summed E-state index contributed by atoms with van der Waals surface area (Å²) in [5, 5.41) is 37.2. The minimum absolute atomic E-state index is 0.0731. The minimum Gasteiger partial charge on any atom is -0.361 e. The van der Waals surface area contributed by atoms with Crippen molar-refractivity contribution in [2.75, 3.05) is 13.1 Å². The molecule has 0 fully saturated rings. The Morgan fingerprint density at radius 1 is 1.27 bits per heavy atom. The molecule has 0 aromatic carbocycles. The van der Waals surface area contributed by atoms with Crippen LogP contribution in [0.1, 0.15) is 6.92 Å². The molecule has 0 saturated carbocycles. The van der Waals surface area contributed by atoms with Gasteiger partial charge >= 0.3 is 0 Å². The van der Waals surface area contributed by atoms with Crippen LogP contribution in [0.5, 0.6) is 0 Å². The van der Waals surface area contributed by atoms with Gasteiger partial charge in [0.2, 0.25) is 5.79 Å². The number of hydrogen-bond donors (Lipinski definition) is 6. The topological polar surface area (TPSA) is 119 Å². The standard InChI is InChI=1S/C5H14N2O4/c1-4(8,9)5(10,11)7-3-2-6/h7-11H,2-3,6H2,1H3. The Morgan fingerprint density at radius 3 is 2.00 bits per heavy atom. The van der Waals surface area contributed by atoms with Gasteiger partial charge in [0.15, 0.2) is 0 Å². The van der Waals surface area contributed by atoms with Crippen molar-refractivity contribution in [1.82, 2.24) is 5.32 Å². The van der Waals surface area contributed by atoms with E-state index >= 15 is 0 Å². The fourth-order valence-corrected chi connectivity index (χ4v) is 0.414. The molecule has 0 unspecified atom stereocenters. The van der Waals surface area contributed by atoms with Gasteiger partial charge in [-0.15, -0.1) is 0 Å². The summed E-state index contributed by atoms with van der Waals surface area (Å²) in [6.07, 6.45) is 0. The van der Waals surface area contributed by atoms with E-state index in [1.165, 1.54) is 0 Å². The van der Waals surface area contributed by atoms with Crippen molar-refractivity contribution in [3.8, 4) is 0 Å². The maximum absolute atomic E-state index is 8.87. The molecule has 0 saturated heterocycles. The molecule has 68 valence electrons. The van der Waals surface area contributed by atoms with Gasteiger partial charge < -0.3 is 26.2 Å². The zero-order valence-electron chi connectivity index (χ0n) is 6.28. The monoisotopic (exact) mass is 166 g/mol. The maximum atomic E-state index is 8.87. The molecule has 7 N–H and O–H groups in total. The van der Waals surface area contributed by atoms with E-state index in [-0.39, 0.29) is 13.1 Å². The Morgan fingerprint density at radius 2 is 1.73 bits per heavy atom. The van der Waals surface area contributed by atoms with Crippen LogP contribution in [-0.2, 0) is 0 Å². The number of nitrogens with two attached hydrogens (primary N) is 1. The van der Waals surface area contributed by atoms with Gasteiger partial charge in [-0.3, -0.25) is 5.32 Å². The summed E-state index contributed by atoms with van der Waals surface area (Å²) in [5.41, 5.74) is 5.03. The Bertz CT molecular complexity index is 120. The lowest BCUT2D eigenvalue weighted by Crippen LogP contribution is -2.62. The summed E-state index contributed by atoms with van der Waals surface area (Å²) in [5.74, 6) is -5.34. The molecule has 11 heavy (non-hydrogen) atoms. The quantitative estimate of drug-likeness (QED) is 0.246. The molecular formula is C5H14N2O4. The van der Waals surface area contributed by atoms with Gasteiger partial charge in [0.05, 0.1) is 0 Å². The molecule has 0 aromatic rings. The van der Waals surface area contributed by atoms with Crippen LogP contribution in [-0.4, -0.2) is 45.2 Å². The van der Waals surface area contributed by atoms with Crippen molar-refractivity contribution in [3.05, 3.63) is 0 Å². The van der Waals surface area contributed by atoms with Gasteiger partial charge in [-0.25, -0.2) is 0 Å². The molecule has 0 radical (unpaired) electrons. The third-order valence-corrected chi connectivity index (χ3v) is 1.18. The van der Waals surface area contributed by atoms with Gasteiger partial charge in [0.25, 0.3) is 5.91 Å². The first-order valence-corrected chi connectivity index (χ1v) is 3.16. The summed E-state index contributed by atoms with van der Waals surface area (Å²) in [7, 11) is 0. The first kappa shape index (κ1) is 10.8. The van der Waals surface area contributed by atoms with Crippen LogP contribution in [0.4, 0.5) is 0 Å². The Kier molecular flexibility index (Phi) is 3.36. The molecule has 6 nitrogen and oxygen atoms in total. The number of hydrogen-bond acceptors (Lipinski definition) is 6. The summed E-state index contributed by atoms with van der Waals surface area (Å²) in [4.78, 5) is 0. The molecular weight excluding hydrogens is 152 g/mol. The highest BCUT2D eigenvalue weighted by Gasteiger charge is 2.42. The van der Waals surface area contributed by atoms with E-state index in [4.69, 9.17) is 26.2 Å². The van der Waals surface area contributed by atoms with Crippen molar-refractivity contribution in [1.29, 1.82) is 0 Å². The number of aliphatic hydroxyl groups is 4. The first-order chi connectivity index (χ1) is 4.81. The highest BCUT2D eigenvalue weighted by atomic mass is 16.6. The molecule has 0 rings (SSSR count). The normalized spacial score (nSPS) is 13.6. The number of rotatable bonds is 4. The SMILES string of the molecule is CC(O)(O)C(O)(O)NCCN. The van der Waals surface area contributed by atoms with Crippen molar-refractivity contribution >= 4 is 0 Å². The lowest BCUT2D eigenvalue weighted by Gasteiger charge is -2.32. The zero-order chi connectivity index (χ0) is 9.12. The predicted octanol–water partition coefficient (Wildman–Crippen LogP) is -3.13. The highest BCUT2D eigenvalue weighted by Crippen LogP contribution is 2.11.